The van der Waals surface area contributed by atoms with Gasteiger partial charge in [-0.15, -0.1) is 0 Å². The third-order valence-electron chi connectivity index (χ3n) is 5.04. The van der Waals surface area contributed by atoms with Crippen LogP contribution in [0.2, 0.25) is 0 Å². The van der Waals surface area contributed by atoms with Crippen LogP contribution in [-0.4, -0.2) is 37.4 Å². The summed E-state index contributed by atoms with van der Waals surface area (Å²) in [5.41, 5.74) is 1.67. The number of likely N-dealkylation sites (tertiary alicyclic amines) is 1. The van der Waals surface area contributed by atoms with Crippen LogP contribution in [0.25, 0.3) is 0 Å². The Labute approximate surface area is 163 Å². The van der Waals surface area contributed by atoms with Crippen LogP contribution in [0.1, 0.15) is 24.0 Å². The molecular formula is C19H22FN3O4S. The van der Waals surface area contributed by atoms with E-state index in [1.54, 1.807) is 13.0 Å². The zero-order valence-electron chi connectivity index (χ0n) is 15.5. The lowest BCUT2D eigenvalue weighted by molar-refractivity contribution is -0.385. The molecule has 0 radical (unpaired) electrons. The van der Waals surface area contributed by atoms with Crippen LogP contribution in [-0.2, 0) is 16.6 Å². The molecule has 1 aliphatic heterocycles. The SMILES string of the molecule is Cc1c(CN2CCC(NS(=O)(=O)c3ccc(F)cc3)CC2)cccc1[N+](=O)[O-]. The third-order valence-corrected chi connectivity index (χ3v) is 6.58. The van der Waals surface area contributed by atoms with Crippen molar-refractivity contribution in [2.24, 2.45) is 0 Å². The Balaban J connectivity index is 1.58. The highest BCUT2D eigenvalue weighted by Crippen LogP contribution is 2.24. The van der Waals surface area contributed by atoms with Gasteiger partial charge in [-0.3, -0.25) is 15.0 Å². The molecule has 0 unspecified atom stereocenters. The number of benzene rings is 2. The van der Waals surface area contributed by atoms with E-state index in [1.165, 1.54) is 18.2 Å². The summed E-state index contributed by atoms with van der Waals surface area (Å²) in [5.74, 6) is -0.483. The van der Waals surface area contributed by atoms with Gasteiger partial charge in [0.05, 0.1) is 9.82 Å². The minimum absolute atomic E-state index is 0.0450. The predicted octanol–water partition coefficient (Wildman–Crippen LogP) is 2.99. The maximum Gasteiger partial charge on any atom is 0.272 e. The van der Waals surface area contributed by atoms with E-state index >= 15 is 0 Å². The smallest absolute Gasteiger partial charge is 0.272 e. The molecule has 2 aromatic carbocycles. The lowest BCUT2D eigenvalue weighted by atomic mass is 10.0. The molecule has 28 heavy (non-hydrogen) atoms. The van der Waals surface area contributed by atoms with Gasteiger partial charge in [0.1, 0.15) is 5.82 Å². The molecule has 0 atom stereocenters. The summed E-state index contributed by atoms with van der Waals surface area (Å²) in [4.78, 5) is 12.9. The van der Waals surface area contributed by atoms with Crippen LogP contribution in [0.3, 0.4) is 0 Å². The van der Waals surface area contributed by atoms with Gasteiger partial charge in [0, 0.05) is 37.3 Å². The summed E-state index contributed by atoms with van der Waals surface area (Å²) >= 11 is 0. The summed E-state index contributed by atoms with van der Waals surface area (Å²) in [6.45, 7) is 3.69. The van der Waals surface area contributed by atoms with Crippen LogP contribution < -0.4 is 4.72 Å². The molecule has 1 aliphatic rings. The quantitative estimate of drug-likeness (QED) is 0.587. The summed E-state index contributed by atoms with van der Waals surface area (Å²) in [6, 6.07) is 9.61. The fourth-order valence-corrected chi connectivity index (χ4v) is 4.70. The molecule has 1 fully saturated rings. The summed E-state index contributed by atoms with van der Waals surface area (Å²) in [6.07, 6.45) is 1.27. The third kappa shape index (κ3) is 4.73. The van der Waals surface area contributed by atoms with Gasteiger partial charge < -0.3 is 0 Å². The van der Waals surface area contributed by atoms with Crippen molar-refractivity contribution in [1.82, 2.24) is 9.62 Å². The first-order valence-corrected chi connectivity index (χ1v) is 10.5. The number of halogens is 1. The number of hydrogen-bond donors (Lipinski definition) is 1. The van der Waals surface area contributed by atoms with Gasteiger partial charge in [-0.25, -0.2) is 17.5 Å². The largest absolute Gasteiger partial charge is 0.299 e. The highest BCUT2D eigenvalue weighted by Gasteiger charge is 2.25. The van der Waals surface area contributed by atoms with Crippen LogP contribution >= 0.6 is 0 Å². The Hall–Kier alpha value is -2.36. The molecule has 2 aromatic rings. The van der Waals surface area contributed by atoms with E-state index in [0.29, 0.717) is 38.0 Å². The van der Waals surface area contributed by atoms with Gasteiger partial charge in [-0.1, -0.05) is 12.1 Å². The maximum absolute atomic E-state index is 13.0. The zero-order valence-corrected chi connectivity index (χ0v) is 16.3. The molecule has 3 rings (SSSR count). The molecule has 0 saturated carbocycles. The number of nitro groups is 1. The van der Waals surface area contributed by atoms with Crippen LogP contribution in [0.15, 0.2) is 47.4 Å². The number of piperidine rings is 1. The van der Waals surface area contributed by atoms with E-state index in [1.807, 2.05) is 6.07 Å². The first-order chi connectivity index (χ1) is 13.3. The lowest BCUT2D eigenvalue weighted by Gasteiger charge is -2.32. The molecule has 0 aromatic heterocycles. The minimum atomic E-state index is -3.69. The predicted molar refractivity (Wildman–Crippen MR) is 103 cm³/mol. The Morgan fingerprint density at radius 3 is 2.43 bits per heavy atom. The number of nitro benzene ring substituents is 1. The zero-order chi connectivity index (χ0) is 20.3. The molecule has 0 bridgehead atoms. The highest BCUT2D eigenvalue weighted by molar-refractivity contribution is 7.89. The van der Waals surface area contributed by atoms with Crippen molar-refractivity contribution in [3.8, 4) is 0 Å². The Kier molecular flexibility index (Phi) is 6.07. The Morgan fingerprint density at radius 2 is 1.82 bits per heavy atom. The molecule has 0 spiro atoms. The van der Waals surface area contributed by atoms with E-state index in [0.717, 1.165) is 17.7 Å². The Bertz CT molecular complexity index is 956. The number of nitrogens with zero attached hydrogens (tertiary/aromatic N) is 2. The second-order valence-electron chi connectivity index (χ2n) is 6.94. The first-order valence-electron chi connectivity index (χ1n) is 8.99. The monoisotopic (exact) mass is 407 g/mol. The van der Waals surface area contributed by atoms with Crippen LogP contribution in [0, 0.1) is 22.9 Å². The molecule has 150 valence electrons. The maximum atomic E-state index is 13.0. The van der Waals surface area contributed by atoms with Crippen LogP contribution in [0.4, 0.5) is 10.1 Å². The molecule has 7 nitrogen and oxygen atoms in total. The molecule has 0 amide bonds. The van der Waals surface area contributed by atoms with E-state index in [-0.39, 0.29) is 21.5 Å². The Morgan fingerprint density at radius 1 is 1.18 bits per heavy atom. The van der Waals surface area contributed by atoms with Crippen molar-refractivity contribution in [3.63, 3.8) is 0 Å². The minimum Gasteiger partial charge on any atom is -0.299 e. The molecule has 9 heteroatoms. The average molecular weight is 407 g/mol. The molecule has 1 saturated heterocycles. The molecular weight excluding hydrogens is 385 g/mol. The summed E-state index contributed by atoms with van der Waals surface area (Å²) < 4.78 is 40.5. The normalized spacial score (nSPS) is 16.2. The molecule has 1 N–H and O–H groups in total. The van der Waals surface area contributed by atoms with Crippen molar-refractivity contribution in [2.75, 3.05) is 13.1 Å². The van der Waals surface area contributed by atoms with Gasteiger partial charge in [0.2, 0.25) is 10.0 Å². The summed E-state index contributed by atoms with van der Waals surface area (Å²) in [7, 11) is -3.69. The average Bonchev–Trinajstić information content (AvgIpc) is 2.65. The van der Waals surface area contributed by atoms with E-state index < -0.39 is 15.8 Å². The van der Waals surface area contributed by atoms with E-state index in [9.17, 15) is 22.9 Å². The summed E-state index contributed by atoms with van der Waals surface area (Å²) in [5, 5.41) is 11.1. The van der Waals surface area contributed by atoms with Gasteiger partial charge >= 0.3 is 0 Å². The number of hydrogen-bond acceptors (Lipinski definition) is 5. The van der Waals surface area contributed by atoms with Crippen molar-refractivity contribution in [2.45, 2.75) is 37.2 Å². The molecule has 0 aliphatic carbocycles. The lowest BCUT2D eigenvalue weighted by Crippen LogP contribution is -2.44. The standard InChI is InChI=1S/C19H22FN3O4S/c1-14-15(3-2-4-19(14)23(24)25)13-22-11-9-17(10-12-22)21-28(26,27)18-7-5-16(20)6-8-18/h2-8,17,21H,9-13H2,1H3. The fraction of sp³-hybridized carbons (Fsp3) is 0.368. The number of nitrogens with one attached hydrogen (secondary N) is 1. The second-order valence-corrected chi connectivity index (χ2v) is 8.66. The number of rotatable bonds is 6. The second kappa shape index (κ2) is 8.34. The topological polar surface area (TPSA) is 92.6 Å². The first kappa shape index (κ1) is 20.4. The van der Waals surface area contributed by atoms with E-state index in [4.69, 9.17) is 0 Å². The van der Waals surface area contributed by atoms with Gasteiger partial charge in [0.25, 0.3) is 5.69 Å². The fourth-order valence-electron chi connectivity index (χ4n) is 3.39. The van der Waals surface area contributed by atoms with E-state index in [2.05, 4.69) is 9.62 Å². The molecule has 1 heterocycles. The van der Waals surface area contributed by atoms with Crippen molar-refractivity contribution in [1.29, 1.82) is 0 Å². The van der Waals surface area contributed by atoms with Gasteiger partial charge in [0.15, 0.2) is 0 Å². The van der Waals surface area contributed by atoms with Crippen LogP contribution in [0.5, 0.6) is 0 Å². The van der Waals surface area contributed by atoms with Gasteiger partial charge in [-0.05, 0) is 49.6 Å². The van der Waals surface area contributed by atoms with Crippen molar-refractivity contribution < 1.29 is 17.7 Å². The van der Waals surface area contributed by atoms with Gasteiger partial charge in [-0.2, -0.15) is 0 Å². The number of sulfonamides is 1. The van der Waals surface area contributed by atoms with Crippen molar-refractivity contribution >= 4 is 15.7 Å². The highest BCUT2D eigenvalue weighted by atomic mass is 32.2. The van der Waals surface area contributed by atoms with Crippen molar-refractivity contribution in [3.05, 3.63) is 69.5 Å².